The van der Waals surface area contributed by atoms with Crippen LogP contribution in [0.1, 0.15) is 48.8 Å². The first-order chi connectivity index (χ1) is 15.0. The summed E-state index contributed by atoms with van der Waals surface area (Å²) in [5.41, 5.74) is 10.2. The van der Waals surface area contributed by atoms with Gasteiger partial charge in [0, 0.05) is 34.7 Å². The fourth-order valence-corrected chi connectivity index (χ4v) is 6.58. The van der Waals surface area contributed by atoms with E-state index in [9.17, 15) is 10.2 Å². The SMILES string of the molecule is CC.Nc1c2c(nc3ccccc13)[C@@H]1Oc3c(O)ccc4c3[C@@]13CCN[C@H](C4)[C@]3(O)C2. The number of hydrogen-bond donors (Lipinski definition) is 4. The molecular weight excluding hydrogens is 390 g/mol. The second-order valence-electron chi connectivity index (χ2n) is 8.89. The molecule has 4 aliphatic rings. The third-order valence-corrected chi connectivity index (χ3v) is 7.80. The highest BCUT2D eigenvalue weighted by molar-refractivity contribution is 5.92. The molecule has 31 heavy (non-hydrogen) atoms. The number of phenolic OH excluding ortho intramolecular Hbond substituents is 1. The fourth-order valence-electron chi connectivity index (χ4n) is 6.58. The summed E-state index contributed by atoms with van der Waals surface area (Å²) in [5, 5.41) is 27.3. The van der Waals surface area contributed by atoms with Gasteiger partial charge < -0.3 is 26.0 Å². The molecule has 2 aromatic carbocycles. The molecule has 0 amide bonds. The fraction of sp³-hybridized carbons (Fsp3) is 0.400. The summed E-state index contributed by atoms with van der Waals surface area (Å²) in [6.45, 7) is 4.79. The number of fused-ring (bicyclic) bond motifs is 3. The molecule has 6 heteroatoms. The van der Waals surface area contributed by atoms with Gasteiger partial charge in [-0.15, -0.1) is 0 Å². The number of ether oxygens (including phenoxy) is 1. The first-order valence-electron chi connectivity index (χ1n) is 11.2. The molecular formula is C25H27N3O3. The summed E-state index contributed by atoms with van der Waals surface area (Å²) < 4.78 is 6.45. The molecule has 1 fully saturated rings. The van der Waals surface area contributed by atoms with Crippen LogP contribution in [0.3, 0.4) is 0 Å². The van der Waals surface area contributed by atoms with Crippen LogP contribution in [-0.2, 0) is 18.3 Å². The molecule has 1 saturated heterocycles. The van der Waals surface area contributed by atoms with Crippen molar-refractivity contribution in [3.63, 3.8) is 0 Å². The molecule has 7 rings (SSSR count). The lowest BCUT2D eigenvalue weighted by atomic mass is 9.49. The summed E-state index contributed by atoms with van der Waals surface area (Å²) in [5.74, 6) is 0.634. The van der Waals surface area contributed by atoms with Crippen LogP contribution in [0.4, 0.5) is 5.69 Å². The molecule has 3 heterocycles. The summed E-state index contributed by atoms with van der Waals surface area (Å²) >= 11 is 0. The zero-order valence-corrected chi connectivity index (χ0v) is 17.8. The Balaban J connectivity index is 0.000000902. The lowest BCUT2D eigenvalue weighted by Gasteiger charge is -2.60. The van der Waals surface area contributed by atoms with Crippen LogP contribution in [0.15, 0.2) is 36.4 Å². The number of nitrogen functional groups attached to an aromatic ring is 1. The number of aromatic nitrogens is 1. The predicted octanol–water partition coefficient (Wildman–Crippen LogP) is 3.13. The van der Waals surface area contributed by atoms with Gasteiger partial charge in [0.15, 0.2) is 17.6 Å². The molecule has 1 spiro atoms. The van der Waals surface area contributed by atoms with E-state index in [0.29, 0.717) is 24.3 Å². The second-order valence-corrected chi connectivity index (χ2v) is 8.89. The minimum absolute atomic E-state index is 0.0932. The molecule has 5 N–H and O–H groups in total. The van der Waals surface area contributed by atoms with Crippen LogP contribution in [-0.4, -0.2) is 33.4 Å². The Labute approximate surface area is 181 Å². The number of rotatable bonds is 0. The summed E-state index contributed by atoms with van der Waals surface area (Å²) in [6, 6.07) is 11.4. The first-order valence-corrected chi connectivity index (χ1v) is 11.2. The van der Waals surface area contributed by atoms with Crippen LogP contribution < -0.4 is 15.8 Å². The highest BCUT2D eigenvalue weighted by Gasteiger charge is 2.71. The van der Waals surface area contributed by atoms with Crippen LogP contribution in [0.5, 0.6) is 11.5 Å². The molecule has 1 aromatic heterocycles. The molecule has 2 aliphatic heterocycles. The largest absolute Gasteiger partial charge is 0.504 e. The van der Waals surface area contributed by atoms with E-state index in [4.69, 9.17) is 15.5 Å². The Morgan fingerprint density at radius 2 is 2.00 bits per heavy atom. The van der Waals surface area contributed by atoms with E-state index in [-0.39, 0.29) is 11.8 Å². The summed E-state index contributed by atoms with van der Waals surface area (Å²) in [7, 11) is 0. The number of para-hydroxylation sites is 1. The van der Waals surface area contributed by atoms with Crippen molar-refractivity contribution in [2.75, 3.05) is 12.3 Å². The quantitative estimate of drug-likeness (QED) is 0.448. The van der Waals surface area contributed by atoms with Gasteiger partial charge in [-0.05, 0) is 37.1 Å². The average Bonchev–Trinajstić information content (AvgIpc) is 3.13. The number of aliphatic hydroxyl groups is 1. The highest BCUT2D eigenvalue weighted by atomic mass is 16.5. The van der Waals surface area contributed by atoms with E-state index in [2.05, 4.69) is 5.32 Å². The van der Waals surface area contributed by atoms with Crippen molar-refractivity contribution in [2.24, 2.45) is 0 Å². The number of nitrogens with two attached hydrogens (primary N) is 1. The highest BCUT2D eigenvalue weighted by Crippen LogP contribution is 2.67. The number of benzene rings is 2. The maximum atomic E-state index is 12.2. The van der Waals surface area contributed by atoms with Crippen LogP contribution in [0.2, 0.25) is 0 Å². The Morgan fingerprint density at radius 3 is 2.84 bits per heavy atom. The normalized spacial score (nSPS) is 31.2. The maximum Gasteiger partial charge on any atom is 0.166 e. The van der Waals surface area contributed by atoms with Gasteiger partial charge in [0.1, 0.15) is 0 Å². The van der Waals surface area contributed by atoms with Crippen LogP contribution >= 0.6 is 0 Å². The number of aromatic hydroxyl groups is 1. The Hall–Kier alpha value is -2.83. The number of piperidine rings is 1. The topological polar surface area (TPSA) is 101 Å². The van der Waals surface area contributed by atoms with E-state index in [1.807, 2.05) is 44.2 Å². The van der Waals surface area contributed by atoms with Crippen molar-refractivity contribution >= 4 is 16.6 Å². The van der Waals surface area contributed by atoms with Crippen molar-refractivity contribution in [1.29, 1.82) is 0 Å². The zero-order valence-electron chi connectivity index (χ0n) is 17.8. The minimum Gasteiger partial charge on any atom is -0.504 e. The third-order valence-electron chi connectivity index (χ3n) is 7.80. The third kappa shape index (κ3) is 2.03. The monoisotopic (exact) mass is 417 g/mol. The van der Waals surface area contributed by atoms with Gasteiger partial charge in [0.05, 0.1) is 22.2 Å². The molecule has 0 radical (unpaired) electrons. The average molecular weight is 418 g/mol. The van der Waals surface area contributed by atoms with Gasteiger partial charge in [-0.1, -0.05) is 38.1 Å². The van der Waals surface area contributed by atoms with Crippen molar-refractivity contribution in [3.05, 3.63) is 58.8 Å². The van der Waals surface area contributed by atoms with Crippen molar-refractivity contribution in [3.8, 4) is 11.5 Å². The van der Waals surface area contributed by atoms with E-state index >= 15 is 0 Å². The van der Waals surface area contributed by atoms with Crippen LogP contribution in [0.25, 0.3) is 10.9 Å². The molecule has 4 atom stereocenters. The van der Waals surface area contributed by atoms with E-state index in [1.54, 1.807) is 6.07 Å². The number of anilines is 1. The smallest absolute Gasteiger partial charge is 0.166 e. The van der Waals surface area contributed by atoms with E-state index < -0.39 is 17.1 Å². The van der Waals surface area contributed by atoms with E-state index in [0.717, 1.165) is 46.3 Å². The number of hydrogen-bond acceptors (Lipinski definition) is 6. The lowest BCUT2D eigenvalue weighted by Crippen LogP contribution is -2.74. The standard InChI is InChI=1S/C23H21N3O3.C2H6/c24-18-12-3-1-2-4-14(12)26-19-13(18)10-23(28)16-9-11-5-6-15(27)20-17(11)22(23,7-8-25-16)21(19)29-20;1-2/h1-6,16,21,25,27-28H,7-10H2,(H2,24,26);1-2H3/t16-,21+,22+,23-;/m1./s1. The molecule has 3 aromatic rings. The van der Waals surface area contributed by atoms with Crippen LogP contribution in [0, 0.1) is 0 Å². The predicted molar refractivity (Wildman–Crippen MR) is 119 cm³/mol. The van der Waals surface area contributed by atoms with Crippen molar-refractivity contribution in [1.82, 2.24) is 10.3 Å². The van der Waals surface area contributed by atoms with Gasteiger partial charge in [0.25, 0.3) is 0 Å². The van der Waals surface area contributed by atoms with E-state index in [1.165, 1.54) is 0 Å². The van der Waals surface area contributed by atoms with Gasteiger partial charge in [-0.3, -0.25) is 0 Å². The summed E-state index contributed by atoms with van der Waals surface area (Å²) in [6.07, 6.45) is 1.39. The van der Waals surface area contributed by atoms with Gasteiger partial charge in [-0.25, -0.2) is 4.98 Å². The molecule has 2 aliphatic carbocycles. The molecule has 2 bridgehead atoms. The zero-order chi connectivity index (χ0) is 21.5. The molecule has 0 unspecified atom stereocenters. The van der Waals surface area contributed by atoms with Gasteiger partial charge in [0.2, 0.25) is 0 Å². The molecule has 160 valence electrons. The Morgan fingerprint density at radius 1 is 1.19 bits per heavy atom. The summed E-state index contributed by atoms with van der Waals surface area (Å²) in [4.78, 5) is 4.98. The lowest BCUT2D eigenvalue weighted by molar-refractivity contribution is -0.134. The number of nitrogens with zero attached hydrogens (tertiary/aromatic N) is 1. The maximum absolute atomic E-state index is 12.2. The second kappa shape index (κ2) is 6.11. The number of pyridine rings is 1. The van der Waals surface area contributed by atoms with Gasteiger partial charge >= 0.3 is 0 Å². The number of phenols is 1. The van der Waals surface area contributed by atoms with Gasteiger partial charge in [-0.2, -0.15) is 0 Å². The Bertz CT molecular complexity index is 1240. The van der Waals surface area contributed by atoms with Crippen molar-refractivity contribution < 1.29 is 14.9 Å². The molecule has 6 nitrogen and oxygen atoms in total. The minimum atomic E-state index is -1.05. The molecule has 0 saturated carbocycles. The number of nitrogens with one attached hydrogen (secondary N) is 1. The van der Waals surface area contributed by atoms with Crippen molar-refractivity contribution in [2.45, 2.75) is 56.3 Å². The first kappa shape index (κ1) is 18.9. The Kier molecular flexibility index (Phi) is 3.73.